The summed E-state index contributed by atoms with van der Waals surface area (Å²) in [4.78, 5) is 0. The smallest absolute Gasteiger partial charge is 0.342 e. The fourth-order valence-electron chi connectivity index (χ4n) is 2.12. The zero-order chi connectivity index (χ0) is 15.0. The lowest BCUT2D eigenvalue weighted by Crippen LogP contribution is -2.50. The molecule has 1 aliphatic heterocycles. The quantitative estimate of drug-likeness (QED) is 0.837. The Balaban J connectivity index is 2.23. The predicted molar refractivity (Wildman–Crippen MR) is 76.1 cm³/mol. The van der Waals surface area contributed by atoms with Crippen LogP contribution in [0.5, 0.6) is 0 Å². The maximum absolute atomic E-state index is 12.5. The number of hydrazine groups is 1. The Morgan fingerprint density at radius 3 is 2.10 bits per heavy atom. The molecule has 1 aromatic rings. The van der Waals surface area contributed by atoms with Crippen molar-refractivity contribution in [1.82, 2.24) is 10.7 Å². The Labute approximate surface area is 121 Å². The number of anilines is 1. The number of hydrogen-bond acceptors (Lipinski definition) is 2. The van der Waals surface area contributed by atoms with Crippen molar-refractivity contribution < 1.29 is 13.2 Å². The molecule has 0 aromatic heterocycles. The van der Waals surface area contributed by atoms with Crippen LogP contribution >= 0.6 is 12.2 Å². The molecular formula is C13H16F3N3S. The summed E-state index contributed by atoms with van der Waals surface area (Å²) in [6, 6.07) is 4.92. The van der Waals surface area contributed by atoms with Crippen LogP contribution in [-0.2, 0) is 6.18 Å². The van der Waals surface area contributed by atoms with Crippen LogP contribution in [0.15, 0.2) is 24.3 Å². The van der Waals surface area contributed by atoms with E-state index in [1.165, 1.54) is 12.1 Å². The molecule has 2 rings (SSSR count). The van der Waals surface area contributed by atoms with Crippen LogP contribution in [0.1, 0.15) is 32.3 Å². The molecule has 0 atom stereocenters. The first-order chi connectivity index (χ1) is 9.31. The molecule has 1 heterocycles. The molecule has 0 aliphatic carbocycles. The van der Waals surface area contributed by atoms with Gasteiger partial charge in [-0.2, -0.15) is 13.2 Å². The highest BCUT2D eigenvalue weighted by Gasteiger charge is 2.38. The molecule has 0 saturated carbocycles. The second kappa shape index (κ2) is 5.21. The highest BCUT2D eigenvalue weighted by atomic mass is 32.1. The lowest BCUT2D eigenvalue weighted by Gasteiger charge is -2.27. The summed E-state index contributed by atoms with van der Waals surface area (Å²) in [5.74, 6) is 0. The topological polar surface area (TPSA) is 27.3 Å². The van der Waals surface area contributed by atoms with E-state index in [1.54, 1.807) is 5.01 Å². The van der Waals surface area contributed by atoms with Crippen LogP contribution in [0.25, 0.3) is 0 Å². The Morgan fingerprint density at radius 1 is 1.15 bits per heavy atom. The van der Waals surface area contributed by atoms with Gasteiger partial charge in [-0.3, -0.25) is 5.01 Å². The summed E-state index contributed by atoms with van der Waals surface area (Å²) >= 11 is 5.24. The number of benzene rings is 1. The molecule has 0 spiro atoms. The van der Waals surface area contributed by atoms with E-state index >= 15 is 0 Å². The molecule has 20 heavy (non-hydrogen) atoms. The molecule has 7 heteroatoms. The average molecular weight is 303 g/mol. The number of nitrogens with one attached hydrogen (secondary N) is 2. The van der Waals surface area contributed by atoms with Crippen molar-refractivity contribution in [3.63, 3.8) is 0 Å². The molecule has 0 radical (unpaired) electrons. The molecule has 110 valence electrons. The lowest BCUT2D eigenvalue weighted by molar-refractivity contribution is -0.137. The first kappa shape index (κ1) is 15.1. The zero-order valence-electron chi connectivity index (χ0n) is 11.2. The molecule has 0 bridgehead atoms. The minimum absolute atomic E-state index is 0.334. The number of halogens is 3. The first-order valence-electron chi connectivity index (χ1n) is 6.38. The maximum atomic E-state index is 12.5. The number of nitrogens with zero attached hydrogens (tertiary/aromatic N) is 1. The minimum Gasteiger partial charge on any atom is -0.342 e. The Morgan fingerprint density at radius 2 is 1.70 bits per heavy atom. The summed E-state index contributed by atoms with van der Waals surface area (Å²) < 4.78 is 37.6. The lowest BCUT2D eigenvalue weighted by atomic mass is 10.1. The molecule has 0 amide bonds. The standard InChI is InChI=1S/C13H16F3N3S/c1-3-12(4-2)17-11(20)19(18-12)10-7-5-9(6-8-10)13(14,15)16/h5-8,18H,3-4H2,1-2H3,(H,17,20). The molecule has 2 N–H and O–H groups in total. The van der Waals surface area contributed by atoms with Crippen molar-refractivity contribution in [3.05, 3.63) is 29.8 Å². The average Bonchev–Trinajstić information content (AvgIpc) is 2.76. The number of rotatable bonds is 3. The third-order valence-corrected chi connectivity index (χ3v) is 3.82. The molecular weight excluding hydrogens is 287 g/mol. The fraction of sp³-hybridized carbons (Fsp3) is 0.462. The summed E-state index contributed by atoms with van der Waals surface area (Å²) in [5, 5.41) is 5.26. The molecule has 1 fully saturated rings. The van der Waals surface area contributed by atoms with E-state index < -0.39 is 11.7 Å². The molecule has 3 nitrogen and oxygen atoms in total. The van der Waals surface area contributed by atoms with E-state index in [4.69, 9.17) is 12.2 Å². The van der Waals surface area contributed by atoms with Crippen LogP contribution < -0.4 is 15.8 Å². The van der Waals surface area contributed by atoms with Crippen LogP contribution in [-0.4, -0.2) is 10.8 Å². The molecule has 1 aromatic carbocycles. The van der Waals surface area contributed by atoms with Crippen molar-refractivity contribution >= 4 is 23.0 Å². The van der Waals surface area contributed by atoms with E-state index in [-0.39, 0.29) is 5.66 Å². The second-order valence-electron chi connectivity index (χ2n) is 4.71. The van der Waals surface area contributed by atoms with Crippen molar-refractivity contribution in [3.8, 4) is 0 Å². The van der Waals surface area contributed by atoms with E-state index in [2.05, 4.69) is 10.7 Å². The third-order valence-electron chi connectivity index (χ3n) is 3.54. The SMILES string of the molecule is CCC1(CC)NC(=S)N(c2ccc(C(F)(F)F)cc2)N1. The van der Waals surface area contributed by atoms with Gasteiger partial charge in [0.25, 0.3) is 0 Å². The van der Waals surface area contributed by atoms with Crippen LogP contribution in [0.4, 0.5) is 18.9 Å². The van der Waals surface area contributed by atoms with E-state index in [1.807, 2.05) is 13.8 Å². The monoisotopic (exact) mass is 303 g/mol. The Hall–Kier alpha value is -1.34. The second-order valence-corrected chi connectivity index (χ2v) is 5.10. The highest BCUT2D eigenvalue weighted by molar-refractivity contribution is 7.80. The molecule has 0 unspecified atom stereocenters. The predicted octanol–water partition coefficient (Wildman–Crippen LogP) is 3.42. The van der Waals surface area contributed by atoms with Crippen molar-refractivity contribution in [1.29, 1.82) is 0 Å². The molecule has 1 aliphatic rings. The summed E-state index contributed by atoms with van der Waals surface area (Å²) in [6.07, 6.45) is -2.71. The summed E-state index contributed by atoms with van der Waals surface area (Å²) in [6.45, 7) is 4.03. The van der Waals surface area contributed by atoms with Gasteiger partial charge in [0, 0.05) is 0 Å². The van der Waals surface area contributed by atoms with Gasteiger partial charge in [0.05, 0.1) is 11.3 Å². The fourth-order valence-corrected chi connectivity index (χ4v) is 2.47. The van der Waals surface area contributed by atoms with Crippen molar-refractivity contribution in [2.45, 2.75) is 38.5 Å². The van der Waals surface area contributed by atoms with E-state index in [0.29, 0.717) is 10.8 Å². The van der Waals surface area contributed by atoms with E-state index in [0.717, 1.165) is 25.0 Å². The Kier molecular flexibility index (Phi) is 3.93. The van der Waals surface area contributed by atoms with Crippen LogP contribution in [0.3, 0.4) is 0 Å². The summed E-state index contributed by atoms with van der Waals surface area (Å²) in [5.41, 5.74) is 2.81. The highest BCUT2D eigenvalue weighted by Crippen LogP contribution is 2.31. The van der Waals surface area contributed by atoms with Gasteiger partial charge in [-0.1, -0.05) is 13.8 Å². The molecule has 1 saturated heterocycles. The first-order valence-corrected chi connectivity index (χ1v) is 6.79. The zero-order valence-corrected chi connectivity index (χ0v) is 12.0. The van der Waals surface area contributed by atoms with Gasteiger partial charge in [-0.05, 0) is 49.3 Å². The number of alkyl halides is 3. The van der Waals surface area contributed by atoms with Crippen LogP contribution in [0.2, 0.25) is 0 Å². The van der Waals surface area contributed by atoms with E-state index in [9.17, 15) is 13.2 Å². The third kappa shape index (κ3) is 2.73. The van der Waals surface area contributed by atoms with Gasteiger partial charge in [-0.25, -0.2) is 5.43 Å². The van der Waals surface area contributed by atoms with Gasteiger partial charge >= 0.3 is 6.18 Å². The number of hydrogen-bond donors (Lipinski definition) is 2. The minimum atomic E-state index is -4.33. The largest absolute Gasteiger partial charge is 0.416 e. The normalized spacial score (nSPS) is 18.2. The Bertz CT molecular complexity index is 495. The summed E-state index contributed by atoms with van der Waals surface area (Å²) in [7, 11) is 0. The van der Waals surface area contributed by atoms with Crippen molar-refractivity contribution in [2.75, 3.05) is 5.01 Å². The van der Waals surface area contributed by atoms with Gasteiger partial charge in [0.2, 0.25) is 0 Å². The van der Waals surface area contributed by atoms with Crippen LogP contribution in [0, 0.1) is 0 Å². The van der Waals surface area contributed by atoms with Gasteiger partial charge in [0.15, 0.2) is 5.11 Å². The maximum Gasteiger partial charge on any atom is 0.416 e. The van der Waals surface area contributed by atoms with Gasteiger partial charge < -0.3 is 5.32 Å². The number of thiocarbonyl (C=S) groups is 1. The van der Waals surface area contributed by atoms with Gasteiger partial charge in [0.1, 0.15) is 5.66 Å². The van der Waals surface area contributed by atoms with Crippen molar-refractivity contribution in [2.24, 2.45) is 0 Å². The van der Waals surface area contributed by atoms with Gasteiger partial charge in [-0.15, -0.1) is 0 Å².